The van der Waals surface area contributed by atoms with E-state index < -0.39 is 6.04 Å². The van der Waals surface area contributed by atoms with Crippen molar-refractivity contribution in [1.29, 1.82) is 0 Å². The fraction of sp³-hybridized carbons (Fsp3) is 0.545. The normalized spacial score (nSPS) is 18.4. The summed E-state index contributed by atoms with van der Waals surface area (Å²) in [6.07, 6.45) is 0.653. The predicted molar refractivity (Wildman–Crippen MR) is 65.4 cm³/mol. The van der Waals surface area contributed by atoms with Crippen LogP contribution in [0.5, 0.6) is 0 Å². The molecule has 2 heterocycles. The summed E-state index contributed by atoms with van der Waals surface area (Å²) in [4.78, 5) is 15.0. The van der Waals surface area contributed by atoms with Gasteiger partial charge in [0.1, 0.15) is 0 Å². The van der Waals surface area contributed by atoms with E-state index in [1.165, 1.54) is 4.88 Å². The van der Waals surface area contributed by atoms with Crippen LogP contribution in [-0.2, 0) is 11.2 Å². The van der Waals surface area contributed by atoms with Crippen LogP contribution < -0.4 is 11.1 Å². The maximum Gasteiger partial charge on any atom is 0.239 e. The van der Waals surface area contributed by atoms with Gasteiger partial charge >= 0.3 is 0 Å². The molecule has 1 atom stereocenters. The van der Waals surface area contributed by atoms with Crippen molar-refractivity contribution < 1.29 is 4.79 Å². The molecule has 0 spiro atoms. The van der Waals surface area contributed by atoms with Crippen molar-refractivity contribution in [2.24, 2.45) is 5.73 Å². The molecule has 1 amide bonds. The standard InChI is InChI=1S/C11H17N3OS/c12-10(8-9-2-1-7-16-9)11(15)14-5-3-13-4-6-14/h1-2,7,10,13H,3-6,8,12H2. The zero-order valence-corrected chi connectivity index (χ0v) is 10.0. The van der Waals surface area contributed by atoms with Gasteiger partial charge in [0.05, 0.1) is 6.04 Å². The van der Waals surface area contributed by atoms with E-state index in [0.717, 1.165) is 26.2 Å². The first-order chi connectivity index (χ1) is 7.77. The van der Waals surface area contributed by atoms with Crippen LogP contribution in [0.15, 0.2) is 17.5 Å². The molecule has 4 nitrogen and oxygen atoms in total. The Balaban J connectivity index is 1.88. The molecule has 0 bridgehead atoms. The van der Waals surface area contributed by atoms with Crippen LogP contribution in [0.1, 0.15) is 4.88 Å². The van der Waals surface area contributed by atoms with Crippen molar-refractivity contribution in [3.63, 3.8) is 0 Å². The number of carbonyl (C=O) groups is 1. The van der Waals surface area contributed by atoms with E-state index in [0.29, 0.717) is 6.42 Å². The van der Waals surface area contributed by atoms with Gasteiger partial charge in [0.15, 0.2) is 0 Å². The highest BCUT2D eigenvalue weighted by Gasteiger charge is 2.22. The van der Waals surface area contributed by atoms with Gasteiger partial charge < -0.3 is 16.0 Å². The van der Waals surface area contributed by atoms with E-state index in [4.69, 9.17) is 5.73 Å². The van der Waals surface area contributed by atoms with Crippen molar-refractivity contribution >= 4 is 17.2 Å². The lowest BCUT2D eigenvalue weighted by atomic mass is 10.1. The molecule has 5 heteroatoms. The second-order valence-electron chi connectivity index (χ2n) is 3.97. The van der Waals surface area contributed by atoms with E-state index in [1.54, 1.807) is 11.3 Å². The minimum atomic E-state index is -0.392. The molecular formula is C11H17N3OS. The molecule has 3 N–H and O–H groups in total. The number of nitrogens with two attached hydrogens (primary N) is 1. The molecule has 2 rings (SSSR count). The van der Waals surface area contributed by atoms with E-state index in [2.05, 4.69) is 5.32 Å². The Morgan fingerprint density at radius 3 is 2.94 bits per heavy atom. The minimum Gasteiger partial charge on any atom is -0.339 e. The first-order valence-electron chi connectivity index (χ1n) is 5.55. The highest BCUT2D eigenvalue weighted by atomic mass is 32.1. The van der Waals surface area contributed by atoms with Crippen LogP contribution in [-0.4, -0.2) is 43.0 Å². The number of rotatable bonds is 3. The van der Waals surface area contributed by atoms with E-state index in [1.807, 2.05) is 22.4 Å². The average Bonchev–Trinajstić information content (AvgIpc) is 2.82. The third-order valence-electron chi connectivity index (χ3n) is 2.75. The Hall–Kier alpha value is -0.910. The molecule has 0 aromatic carbocycles. The Morgan fingerprint density at radius 2 is 2.31 bits per heavy atom. The van der Waals surface area contributed by atoms with Gasteiger partial charge in [-0.1, -0.05) is 6.07 Å². The Labute approximate surface area is 99.4 Å². The van der Waals surface area contributed by atoms with Gasteiger partial charge in [-0.05, 0) is 11.4 Å². The molecule has 1 unspecified atom stereocenters. The molecule has 16 heavy (non-hydrogen) atoms. The molecule has 0 aliphatic carbocycles. The quantitative estimate of drug-likeness (QED) is 0.783. The Bertz CT molecular complexity index is 333. The van der Waals surface area contributed by atoms with Crippen LogP contribution in [0, 0.1) is 0 Å². The van der Waals surface area contributed by atoms with E-state index in [9.17, 15) is 4.79 Å². The molecule has 0 saturated carbocycles. The van der Waals surface area contributed by atoms with Crippen LogP contribution in [0.2, 0.25) is 0 Å². The van der Waals surface area contributed by atoms with Gasteiger partial charge in [-0.25, -0.2) is 0 Å². The lowest BCUT2D eigenvalue weighted by molar-refractivity contribution is -0.133. The van der Waals surface area contributed by atoms with Crippen LogP contribution in [0.3, 0.4) is 0 Å². The van der Waals surface area contributed by atoms with Gasteiger partial charge in [0, 0.05) is 37.5 Å². The van der Waals surface area contributed by atoms with Crippen molar-refractivity contribution in [2.45, 2.75) is 12.5 Å². The molecule has 88 valence electrons. The van der Waals surface area contributed by atoms with E-state index >= 15 is 0 Å². The lowest BCUT2D eigenvalue weighted by Gasteiger charge is -2.29. The topological polar surface area (TPSA) is 58.4 Å². The number of piperazine rings is 1. The van der Waals surface area contributed by atoms with Gasteiger partial charge in [0.2, 0.25) is 5.91 Å². The first kappa shape index (κ1) is 11.6. The van der Waals surface area contributed by atoms with Gasteiger partial charge in [-0.3, -0.25) is 4.79 Å². The van der Waals surface area contributed by atoms with Gasteiger partial charge in [0.25, 0.3) is 0 Å². The zero-order valence-electron chi connectivity index (χ0n) is 9.19. The summed E-state index contributed by atoms with van der Waals surface area (Å²) >= 11 is 1.65. The SMILES string of the molecule is NC(Cc1cccs1)C(=O)N1CCNCC1. The highest BCUT2D eigenvalue weighted by Crippen LogP contribution is 2.11. The smallest absolute Gasteiger partial charge is 0.239 e. The van der Waals surface area contributed by atoms with Crippen molar-refractivity contribution in [1.82, 2.24) is 10.2 Å². The van der Waals surface area contributed by atoms with E-state index in [-0.39, 0.29) is 5.91 Å². The fourth-order valence-corrected chi connectivity index (χ4v) is 2.62. The van der Waals surface area contributed by atoms with Crippen LogP contribution in [0.4, 0.5) is 0 Å². The predicted octanol–water partition coefficient (Wildman–Crippen LogP) is 0.0497. The molecule has 1 aromatic rings. The largest absolute Gasteiger partial charge is 0.339 e. The molecule has 1 saturated heterocycles. The number of hydrogen-bond donors (Lipinski definition) is 2. The number of thiophene rings is 1. The van der Waals surface area contributed by atoms with Crippen LogP contribution >= 0.6 is 11.3 Å². The monoisotopic (exact) mass is 239 g/mol. The summed E-state index contributed by atoms with van der Waals surface area (Å²) in [5.74, 6) is 0.0786. The summed E-state index contributed by atoms with van der Waals surface area (Å²) in [5, 5.41) is 5.23. The van der Waals surface area contributed by atoms with Gasteiger partial charge in [-0.2, -0.15) is 0 Å². The minimum absolute atomic E-state index is 0.0786. The summed E-state index contributed by atoms with van der Waals surface area (Å²) < 4.78 is 0. The number of carbonyl (C=O) groups excluding carboxylic acids is 1. The summed E-state index contributed by atoms with van der Waals surface area (Å²) in [7, 11) is 0. The molecule has 1 aliphatic heterocycles. The highest BCUT2D eigenvalue weighted by molar-refractivity contribution is 7.09. The second kappa shape index (κ2) is 5.43. The third kappa shape index (κ3) is 2.81. The summed E-state index contributed by atoms with van der Waals surface area (Å²) in [6, 6.07) is 3.62. The molecule has 0 radical (unpaired) electrons. The second-order valence-corrected chi connectivity index (χ2v) is 5.00. The maximum absolute atomic E-state index is 12.0. The maximum atomic E-state index is 12.0. The third-order valence-corrected chi connectivity index (χ3v) is 3.65. The number of nitrogens with zero attached hydrogens (tertiary/aromatic N) is 1. The van der Waals surface area contributed by atoms with Crippen molar-refractivity contribution in [3.05, 3.63) is 22.4 Å². The number of hydrogen-bond acceptors (Lipinski definition) is 4. The summed E-state index contributed by atoms with van der Waals surface area (Å²) in [5.41, 5.74) is 5.93. The summed E-state index contributed by atoms with van der Waals surface area (Å²) in [6.45, 7) is 3.29. The fourth-order valence-electron chi connectivity index (χ4n) is 1.85. The molecule has 1 aromatic heterocycles. The van der Waals surface area contributed by atoms with Crippen LogP contribution in [0.25, 0.3) is 0 Å². The Morgan fingerprint density at radius 1 is 1.56 bits per heavy atom. The number of amides is 1. The average molecular weight is 239 g/mol. The van der Waals surface area contributed by atoms with Crippen molar-refractivity contribution in [3.8, 4) is 0 Å². The first-order valence-corrected chi connectivity index (χ1v) is 6.43. The molecule has 1 fully saturated rings. The van der Waals surface area contributed by atoms with Gasteiger partial charge in [-0.15, -0.1) is 11.3 Å². The lowest BCUT2D eigenvalue weighted by Crippen LogP contribution is -2.52. The number of nitrogens with one attached hydrogen (secondary N) is 1. The Kier molecular flexibility index (Phi) is 3.93. The zero-order chi connectivity index (χ0) is 11.4. The van der Waals surface area contributed by atoms with Crippen molar-refractivity contribution in [2.75, 3.05) is 26.2 Å². The molecular weight excluding hydrogens is 222 g/mol. The molecule has 1 aliphatic rings.